The van der Waals surface area contributed by atoms with Gasteiger partial charge in [0.2, 0.25) is 11.8 Å². The van der Waals surface area contributed by atoms with Gasteiger partial charge in [-0.15, -0.1) is 0 Å². The minimum absolute atomic E-state index is 0.173. The van der Waals surface area contributed by atoms with Crippen molar-refractivity contribution in [3.8, 4) is 22.4 Å². The van der Waals surface area contributed by atoms with E-state index in [9.17, 15) is 24.0 Å². The van der Waals surface area contributed by atoms with Gasteiger partial charge in [-0.05, 0) is 103 Å². The Morgan fingerprint density at radius 2 is 1.52 bits per heavy atom. The largest absolute Gasteiger partial charge is 0.453 e. The van der Waals surface area contributed by atoms with Crippen molar-refractivity contribution in [3.63, 3.8) is 0 Å². The van der Waals surface area contributed by atoms with E-state index in [4.69, 9.17) is 14.5 Å². The fraction of sp³-hybridized carbons (Fsp3) is 0.447. The molecule has 7 rings (SSSR count). The second kappa shape index (κ2) is 17.4. The summed E-state index contributed by atoms with van der Waals surface area (Å²) in [5.41, 5.74) is 6.16. The number of aromatic amines is 1. The first-order chi connectivity index (χ1) is 29.3. The number of imidazole rings is 1. The third-order valence-electron chi connectivity index (χ3n) is 13.4. The number of likely N-dealkylation sites (tertiary alicyclic amines) is 2. The monoisotopic (exact) mass is 831 g/mol. The molecule has 61 heavy (non-hydrogen) atoms. The molecule has 3 heterocycles. The number of ether oxygens (including phenoxy) is 2. The Hall–Kier alpha value is -6.18. The maximum absolute atomic E-state index is 14.1. The number of rotatable bonds is 12. The second-order valence-corrected chi connectivity index (χ2v) is 16.8. The van der Waals surface area contributed by atoms with E-state index in [0.29, 0.717) is 43.0 Å². The highest BCUT2D eigenvalue weighted by molar-refractivity contribution is 5.99. The molecule has 5 amide bonds. The summed E-state index contributed by atoms with van der Waals surface area (Å²) >= 11 is 0. The van der Waals surface area contributed by atoms with Crippen LogP contribution in [0.3, 0.4) is 0 Å². The lowest BCUT2D eigenvalue weighted by molar-refractivity contribution is -0.140. The molecule has 14 nitrogen and oxygen atoms in total. The Bertz CT molecular complexity index is 2300. The van der Waals surface area contributed by atoms with Gasteiger partial charge in [-0.2, -0.15) is 0 Å². The molecule has 3 aromatic carbocycles. The first-order valence-corrected chi connectivity index (χ1v) is 21.3. The fourth-order valence-electron chi connectivity index (χ4n) is 9.51. The van der Waals surface area contributed by atoms with Gasteiger partial charge in [0.25, 0.3) is 5.91 Å². The standard InChI is InChI=1S/C47H57N7O7/c1-8-47(9-2)34-25-30(36-27-48-40(50-36)37-17-13-24-54(37)43(57)46(5,28(3)4)52-45(59)61-7)19-21-32(34)33-22-20-31(26-35(33)47)49-41(55)38-18-14-23-53(38)42(56)39(51-44(58)60-6)29-15-11-10-12-16-29/h10-12,15-16,19-22,25-28,37-39H,8-9,13-14,17-18,23-24H2,1-7H3,(H,48,50)(H,49,55)(H,51,58)(H,52,59)/t37-,38-,39+,46+/m0/s1. The van der Waals surface area contributed by atoms with Gasteiger partial charge in [-0.25, -0.2) is 14.6 Å². The van der Waals surface area contributed by atoms with Crippen LogP contribution in [-0.4, -0.2) is 88.6 Å². The maximum atomic E-state index is 14.1. The number of fused-ring (bicyclic) bond motifs is 3. The molecule has 0 unspecified atom stereocenters. The zero-order valence-electron chi connectivity index (χ0n) is 36.1. The third-order valence-corrected chi connectivity index (χ3v) is 13.4. The van der Waals surface area contributed by atoms with Crippen LogP contribution in [0.1, 0.15) is 108 Å². The van der Waals surface area contributed by atoms with Gasteiger partial charge in [0.05, 0.1) is 32.2 Å². The van der Waals surface area contributed by atoms with Crippen molar-refractivity contribution in [2.45, 2.75) is 102 Å². The topological polar surface area (TPSA) is 175 Å². The Balaban J connectivity index is 1.11. The predicted molar refractivity (Wildman–Crippen MR) is 231 cm³/mol. The number of aromatic nitrogens is 2. The van der Waals surface area contributed by atoms with Crippen LogP contribution in [0.25, 0.3) is 22.4 Å². The van der Waals surface area contributed by atoms with Gasteiger partial charge in [0.1, 0.15) is 23.4 Å². The minimum atomic E-state index is -1.15. The van der Waals surface area contributed by atoms with E-state index >= 15 is 0 Å². The molecule has 4 N–H and O–H groups in total. The molecule has 1 aromatic heterocycles. The summed E-state index contributed by atoms with van der Waals surface area (Å²) in [6.45, 7) is 10.9. The van der Waals surface area contributed by atoms with Crippen LogP contribution in [0.5, 0.6) is 0 Å². The molecule has 0 spiro atoms. The molecule has 4 aromatic rings. The summed E-state index contributed by atoms with van der Waals surface area (Å²) in [5, 5.41) is 8.58. The van der Waals surface area contributed by atoms with Crippen molar-refractivity contribution in [1.82, 2.24) is 30.4 Å². The molecule has 0 saturated carbocycles. The van der Waals surface area contributed by atoms with Gasteiger partial charge >= 0.3 is 12.2 Å². The van der Waals surface area contributed by atoms with E-state index in [1.807, 2.05) is 37.1 Å². The Kier molecular flexibility index (Phi) is 12.3. The number of methoxy groups -OCH3 is 2. The summed E-state index contributed by atoms with van der Waals surface area (Å²) in [7, 11) is 2.54. The summed E-state index contributed by atoms with van der Waals surface area (Å²) in [6, 6.07) is 19.5. The summed E-state index contributed by atoms with van der Waals surface area (Å²) in [4.78, 5) is 78.3. The molecule has 1 aliphatic carbocycles. The van der Waals surface area contributed by atoms with Gasteiger partial charge in [0, 0.05) is 24.2 Å². The number of alkyl carbamates (subject to hydrolysis) is 2. The van der Waals surface area contributed by atoms with E-state index in [-0.39, 0.29) is 35.1 Å². The van der Waals surface area contributed by atoms with Crippen molar-refractivity contribution in [1.29, 1.82) is 0 Å². The smallest absolute Gasteiger partial charge is 0.407 e. The predicted octanol–water partition coefficient (Wildman–Crippen LogP) is 7.62. The molecule has 2 saturated heterocycles. The van der Waals surface area contributed by atoms with E-state index in [1.54, 1.807) is 36.1 Å². The highest BCUT2D eigenvalue weighted by Crippen LogP contribution is 2.54. The van der Waals surface area contributed by atoms with Crippen LogP contribution in [-0.2, 0) is 29.3 Å². The molecule has 4 atom stereocenters. The van der Waals surface area contributed by atoms with E-state index in [0.717, 1.165) is 53.6 Å². The fourth-order valence-corrected chi connectivity index (χ4v) is 9.51. The highest BCUT2D eigenvalue weighted by atomic mass is 16.5. The lowest BCUT2D eigenvalue weighted by atomic mass is 9.73. The van der Waals surface area contributed by atoms with Crippen molar-refractivity contribution in [3.05, 3.63) is 95.4 Å². The molecular weight excluding hydrogens is 775 g/mol. The van der Waals surface area contributed by atoms with Crippen LogP contribution < -0.4 is 16.0 Å². The third kappa shape index (κ3) is 7.83. The average Bonchev–Trinajstić information content (AvgIpc) is 4.10. The number of benzene rings is 3. The number of anilines is 1. The molecule has 2 fully saturated rings. The average molecular weight is 832 g/mol. The van der Waals surface area contributed by atoms with Crippen LogP contribution >= 0.6 is 0 Å². The van der Waals surface area contributed by atoms with Crippen LogP contribution in [0.4, 0.5) is 15.3 Å². The van der Waals surface area contributed by atoms with E-state index in [2.05, 4.69) is 65.1 Å². The molecule has 14 heteroatoms. The first kappa shape index (κ1) is 42.9. The van der Waals surface area contributed by atoms with Gasteiger partial charge in [-0.1, -0.05) is 76.2 Å². The van der Waals surface area contributed by atoms with Crippen LogP contribution in [0.15, 0.2) is 72.9 Å². The zero-order chi connectivity index (χ0) is 43.6. The van der Waals surface area contributed by atoms with Crippen molar-refractivity contribution < 1.29 is 33.4 Å². The number of nitrogens with zero attached hydrogens (tertiary/aromatic N) is 3. The molecule has 2 aliphatic heterocycles. The van der Waals surface area contributed by atoms with Crippen molar-refractivity contribution in [2.75, 3.05) is 32.6 Å². The Morgan fingerprint density at radius 3 is 2.20 bits per heavy atom. The molecule has 0 bridgehead atoms. The Morgan fingerprint density at radius 1 is 0.869 bits per heavy atom. The van der Waals surface area contributed by atoms with Gasteiger partial charge in [-0.3, -0.25) is 14.4 Å². The van der Waals surface area contributed by atoms with Crippen molar-refractivity contribution >= 4 is 35.6 Å². The number of hydrogen-bond acceptors (Lipinski definition) is 8. The van der Waals surface area contributed by atoms with Gasteiger partial charge in [0.15, 0.2) is 0 Å². The number of carbonyl (C=O) groups excluding carboxylic acids is 5. The van der Waals surface area contributed by atoms with Crippen LogP contribution in [0, 0.1) is 5.92 Å². The summed E-state index contributed by atoms with van der Waals surface area (Å²) in [5.74, 6) is -0.306. The van der Waals surface area contributed by atoms with E-state index in [1.165, 1.54) is 19.8 Å². The number of carbonyl (C=O) groups is 5. The second-order valence-electron chi connectivity index (χ2n) is 16.8. The zero-order valence-corrected chi connectivity index (χ0v) is 36.1. The number of nitrogens with one attached hydrogen (secondary N) is 4. The lowest BCUT2D eigenvalue weighted by Crippen LogP contribution is -2.60. The quantitative estimate of drug-likeness (QED) is 0.113. The van der Waals surface area contributed by atoms with E-state index < -0.39 is 29.8 Å². The molecular formula is C47H57N7O7. The highest BCUT2D eigenvalue weighted by Gasteiger charge is 2.46. The molecule has 3 aliphatic rings. The lowest BCUT2D eigenvalue weighted by Gasteiger charge is -2.37. The molecule has 322 valence electrons. The Labute approximate surface area is 357 Å². The normalized spacial score (nSPS) is 19.1. The number of hydrogen-bond donors (Lipinski definition) is 4. The SMILES string of the molecule is CCC1(CC)c2cc(NC(=O)[C@@H]3CCCN3C(=O)[C@H](NC(=O)OC)c3ccccc3)ccc2-c2ccc(-c3cnc([C@@H]4CCCN4C(=O)[C@](C)(NC(=O)OC)C(C)C)[nH]3)cc21. The maximum Gasteiger partial charge on any atom is 0.407 e. The summed E-state index contributed by atoms with van der Waals surface area (Å²) in [6.07, 6.45) is 4.80. The summed E-state index contributed by atoms with van der Waals surface area (Å²) < 4.78 is 9.68. The first-order valence-electron chi connectivity index (χ1n) is 21.3. The molecule has 0 radical (unpaired) electrons. The minimum Gasteiger partial charge on any atom is -0.453 e. The van der Waals surface area contributed by atoms with Crippen LogP contribution in [0.2, 0.25) is 0 Å². The van der Waals surface area contributed by atoms with Crippen molar-refractivity contribution in [2.24, 2.45) is 5.92 Å². The van der Waals surface area contributed by atoms with Gasteiger partial charge < -0.3 is 40.2 Å². The number of H-pyrrole nitrogens is 1. The number of amides is 5.